The molecule has 1 N–H and O–H groups in total. The summed E-state index contributed by atoms with van der Waals surface area (Å²) >= 11 is 0. The van der Waals surface area contributed by atoms with Crippen molar-refractivity contribution >= 4 is 12.3 Å². The van der Waals surface area contributed by atoms with Crippen LogP contribution in [0.5, 0.6) is 11.5 Å². The molecule has 5 nitrogen and oxygen atoms in total. The molecule has 2 aromatic carbocycles. The van der Waals surface area contributed by atoms with Gasteiger partial charge in [0.05, 0.1) is 14.2 Å². The van der Waals surface area contributed by atoms with Crippen molar-refractivity contribution in [1.29, 1.82) is 0 Å². The van der Waals surface area contributed by atoms with Crippen molar-refractivity contribution in [1.82, 2.24) is 0 Å². The highest BCUT2D eigenvalue weighted by molar-refractivity contribution is 6.11. The molecule has 0 saturated heterocycles. The highest BCUT2D eigenvalue weighted by atomic mass is 16.5. The standard InChI is InChI=1S/C21H26O3.C2H2.CH2O2/c1-5-6-7-8-16-10-12-18(24-4)14-20(16)21(22)19-13-17(23-3)11-9-15(19)2;1-2;2-1-3/h9-14H,5-8H2,1-4H3;1-2H;1H,(H,2,3). The number of carbonyl (C=O) groups is 2. The molecule has 0 aliphatic heterocycles. The average Bonchev–Trinajstić information content (AvgIpc) is 2.76. The fraction of sp³-hybridized carbons (Fsp3) is 0.333. The molecule has 0 radical (unpaired) electrons. The molecule has 0 bridgehead atoms. The Balaban J connectivity index is 0.00000143. The molecule has 0 aromatic heterocycles. The number of ketones is 1. The monoisotopic (exact) mass is 398 g/mol. The largest absolute Gasteiger partial charge is 0.497 e. The zero-order chi connectivity index (χ0) is 22.2. The predicted molar refractivity (Wildman–Crippen MR) is 116 cm³/mol. The number of unbranched alkanes of at least 4 members (excludes halogenated alkanes) is 2. The van der Waals surface area contributed by atoms with E-state index in [2.05, 4.69) is 19.8 Å². The molecule has 0 saturated carbocycles. The van der Waals surface area contributed by atoms with E-state index in [4.69, 9.17) is 19.4 Å². The van der Waals surface area contributed by atoms with Crippen LogP contribution in [0.2, 0.25) is 0 Å². The Labute approximate surface area is 173 Å². The minimum atomic E-state index is -0.250. The highest BCUT2D eigenvalue weighted by Crippen LogP contribution is 2.26. The Bertz CT molecular complexity index is 793. The Kier molecular flexibility index (Phi) is 13.1. The Morgan fingerprint density at radius 1 is 1.00 bits per heavy atom. The van der Waals surface area contributed by atoms with Crippen LogP contribution in [-0.2, 0) is 11.2 Å². The van der Waals surface area contributed by atoms with Gasteiger partial charge in [-0.2, -0.15) is 0 Å². The number of terminal acetylenes is 1. The van der Waals surface area contributed by atoms with Crippen LogP contribution in [0.25, 0.3) is 0 Å². The summed E-state index contributed by atoms with van der Waals surface area (Å²) in [6.45, 7) is 3.88. The number of carbonyl (C=O) groups excluding carboxylic acids is 1. The normalized spacial score (nSPS) is 9.17. The summed E-state index contributed by atoms with van der Waals surface area (Å²) in [5, 5.41) is 6.89. The summed E-state index contributed by atoms with van der Waals surface area (Å²) in [7, 11) is 3.23. The molecule has 2 rings (SSSR count). The minimum absolute atomic E-state index is 0.0248. The van der Waals surface area contributed by atoms with Gasteiger partial charge < -0.3 is 14.6 Å². The zero-order valence-electron chi connectivity index (χ0n) is 17.6. The molecular weight excluding hydrogens is 368 g/mol. The number of hydrogen-bond donors (Lipinski definition) is 1. The third kappa shape index (κ3) is 8.10. The van der Waals surface area contributed by atoms with E-state index in [1.165, 1.54) is 0 Å². The van der Waals surface area contributed by atoms with Gasteiger partial charge in [0.2, 0.25) is 0 Å². The predicted octanol–water partition coefficient (Wildman–Crippen LogP) is 4.93. The number of rotatable bonds is 8. The lowest BCUT2D eigenvalue weighted by molar-refractivity contribution is -0.122. The van der Waals surface area contributed by atoms with Crippen LogP contribution in [-0.4, -0.2) is 31.6 Å². The molecule has 156 valence electrons. The van der Waals surface area contributed by atoms with Crippen molar-refractivity contribution in [2.45, 2.75) is 39.5 Å². The molecule has 2 aromatic rings. The van der Waals surface area contributed by atoms with Crippen LogP contribution < -0.4 is 9.47 Å². The zero-order valence-corrected chi connectivity index (χ0v) is 17.6. The van der Waals surface area contributed by atoms with Crippen LogP contribution >= 0.6 is 0 Å². The number of hydrogen-bond acceptors (Lipinski definition) is 4. The second-order valence-corrected chi connectivity index (χ2v) is 6.10. The summed E-state index contributed by atoms with van der Waals surface area (Å²) in [6, 6.07) is 11.4. The summed E-state index contributed by atoms with van der Waals surface area (Å²) in [4.78, 5) is 21.5. The maximum atomic E-state index is 13.1. The van der Waals surface area contributed by atoms with Crippen molar-refractivity contribution < 1.29 is 24.2 Å². The summed E-state index contributed by atoms with van der Waals surface area (Å²) in [5.41, 5.74) is 3.43. The van der Waals surface area contributed by atoms with Crippen molar-refractivity contribution in [3.63, 3.8) is 0 Å². The fourth-order valence-electron chi connectivity index (χ4n) is 2.80. The molecule has 5 heteroatoms. The molecule has 29 heavy (non-hydrogen) atoms. The van der Waals surface area contributed by atoms with Gasteiger partial charge in [0, 0.05) is 11.1 Å². The first-order chi connectivity index (χ1) is 14.0. The van der Waals surface area contributed by atoms with Crippen molar-refractivity contribution in [2.75, 3.05) is 14.2 Å². The summed E-state index contributed by atoms with van der Waals surface area (Å²) in [5.74, 6) is 1.43. The van der Waals surface area contributed by atoms with E-state index in [0.29, 0.717) is 17.1 Å². The number of benzene rings is 2. The van der Waals surface area contributed by atoms with Gasteiger partial charge in [-0.25, -0.2) is 0 Å². The van der Waals surface area contributed by atoms with Gasteiger partial charge in [-0.15, -0.1) is 12.8 Å². The third-order valence-electron chi connectivity index (χ3n) is 4.30. The maximum absolute atomic E-state index is 13.1. The molecule has 0 spiro atoms. The average molecular weight is 398 g/mol. The lowest BCUT2D eigenvalue weighted by atomic mass is 9.92. The number of ether oxygens (including phenoxy) is 2. The Morgan fingerprint density at radius 3 is 2.03 bits per heavy atom. The van der Waals surface area contributed by atoms with E-state index in [1.807, 2.05) is 43.3 Å². The minimum Gasteiger partial charge on any atom is -0.497 e. The molecule has 0 aliphatic rings. The van der Waals surface area contributed by atoms with Crippen LogP contribution in [0.1, 0.15) is 53.2 Å². The van der Waals surface area contributed by atoms with E-state index in [9.17, 15) is 4.79 Å². The number of carboxylic acid groups (broad SMARTS) is 1. The van der Waals surface area contributed by atoms with E-state index in [1.54, 1.807) is 14.2 Å². The maximum Gasteiger partial charge on any atom is 0.290 e. The van der Waals surface area contributed by atoms with Crippen LogP contribution in [0.3, 0.4) is 0 Å². The Morgan fingerprint density at radius 2 is 1.52 bits per heavy atom. The molecule has 0 atom stereocenters. The second-order valence-electron chi connectivity index (χ2n) is 6.10. The fourth-order valence-corrected chi connectivity index (χ4v) is 2.80. The van der Waals surface area contributed by atoms with Crippen molar-refractivity contribution in [3.8, 4) is 24.3 Å². The first kappa shape index (κ1) is 25.7. The first-order valence-corrected chi connectivity index (χ1v) is 9.29. The molecule has 0 fully saturated rings. The molecular formula is C24H30O5. The number of aryl methyl sites for hydroxylation is 2. The van der Waals surface area contributed by atoms with E-state index in [-0.39, 0.29) is 12.3 Å². The third-order valence-corrected chi connectivity index (χ3v) is 4.30. The van der Waals surface area contributed by atoms with E-state index < -0.39 is 0 Å². The highest BCUT2D eigenvalue weighted by Gasteiger charge is 2.17. The van der Waals surface area contributed by atoms with Crippen molar-refractivity contribution in [2.24, 2.45) is 0 Å². The lowest BCUT2D eigenvalue weighted by Crippen LogP contribution is -2.08. The quantitative estimate of drug-likeness (QED) is 0.295. The van der Waals surface area contributed by atoms with Gasteiger partial charge in [0.15, 0.2) is 5.78 Å². The molecule has 0 amide bonds. The van der Waals surface area contributed by atoms with Gasteiger partial charge in [0.1, 0.15) is 11.5 Å². The van der Waals surface area contributed by atoms with Gasteiger partial charge in [0.25, 0.3) is 6.47 Å². The smallest absolute Gasteiger partial charge is 0.290 e. The summed E-state index contributed by atoms with van der Waals surface area (Å²) < 4.78 is 10.6. The SMILES string of the molecule is C#C.CCCCCc1ccc(OC)cc1C(=O)c1cc(OC)ccc1C.O=CO. The number of methoxy groups -OCH3 is 2. The van der Waals surface area contributed by atoms with Crippen molar-refractivity contribution in [3.05, 3.63) is 58.7 Å². The van der Waals surface area contributed by atoms with Crippen LogP contribution in [0.15, 0.2) is 36.4 Å². The topological polar surface area (TPSA) is 72.8 Å². The lowest BCUT2D eigenvalue weighted by Gasteiger charge is -2.13. The Hall–Kier alpha value is -3.26. The molecule has 0 heterocycles. The molecule has 0 unspecified atom stereocenters. The van der Waals surface area contributed by atoms with Gasteiger partial charge in [-0.05, 0) is 55.2 Å². The second kappa shape index (κ2) is 14.8. The first-order valence-electron chi connectivity index (χ1n) is 9.29. The van der Waals surface area contributed by atoms with Gasteiger partial charge in [-0.3, -0.25) is 9.59 Å². The van der Waals surface area contributed by atoms with Gasteiger partial charge >= 0.3 is 0 Å². The van der Waals surface area contributed by atoms with E-state index >= 15 is 0 Å². The van der Waals surface area contributed by atoms with Crippen LogP contribution in [0, 0.1) is 19.8 Å². The molecule has 0 aliphatic carbocycles. The van der Waals surface area contributed by atoms with Crippen LogP contribution in [0.4, 0.5) is 0 Å². The van der Waals surface area contributed by atoms with E-state index in [0.717, 1.165) is 42.4 Å². The summed E-state index contributed by atoms with van der Waals surface area (Å²) in [6.07, 6.45) is 12.3. The van der Waals surface area contributed by atoms with Gasteiger partial charge in [-0.1, -0.05) is 31.9 Å².